The molecule has 2 N–H and O–H groups in total. The lowest BCUT2D eigenvalue weighted by Crippen LogP contribution is -2.49. The van der Waals surface area contributed by atoms with Crippen molar-refractivity contribution in [1.82, 2.24) is 25.2 Å². The first-order valence-electron chi connectivity index (χ1n) is 10.9. The number of aromatic amines is 1. The summed E-state index contributed by atoms with van der Waals surface area (Å²) < 4.78 is 0. The summed E-state index contributed by atoms with van der Waals surface area (Å²) in [5, 5.41) is 3.82. The van der Waals surface area contributed by atoms with Crippen LogP contribution in [0.2, 0.25) is 0 Å². The van der Waals surface area contributed by atoms with Crippen molar-refractivity contribution >= 4 is 28.5 Å². The Morgan fingerprint density at radius 2 is 1.91 bits per heavy atom. The molecule has 9 heteroatoms. The van der Waals surface area contributed by atoms with E-state index in [-0.39, 0.29) is 11.5 Å². The summed E-state index contributed by atoms with van der Waals surface area (Å²) in [5.74, 6) is 2.44. The third-order valence-electron chi connectivity index (χ3n) is 5.89. The van der Waals surface area contributed by atoms with Gasteiger partial charge in [0.25, 0.3) is 5.56 Å². The van der Waals surface area contributed by atoms with Gasteiger partial charge in [-0.3, -0.25) is 14.6 Å². The van der Waals surface area contributed by atoms with Crippen molar-refractivity contribution < 1.29 is 4.79 Å². The Morgan fingerprint density at radius 1 is 1.06 bits per heavy atom. The molecule has 0 spiro atoms. The highest BCUT2D eigenvalue weighted by molar-refractivity contribution is 5.99. The topological polar surface area (TPSA) is 107 Å². The molecule has 2 aliphatic heterocycles. The molecular formula is C23H25N7O2. The zero-order valence-corrected chi connectivity index (χ0v) is 17.8. The predicted molar refractivity (Wildman–Crippen MR) is 123 cm³/mol. The van der Waals surface area contributed by atoms with Crippen LogP contribution in [0.25, 0.3) is 10.9 Å². The minimum Gasteiger partial charge on any atom is -0.368 e. The number of rotatable bonds is 5. The molecule has 0 atom stereocenters. The van der Waals surface area contributed by atoms with E-state index in [1.54, 1.807) is 6.07 Å². The van der Waals surface area contributed by atoms with Crippen molar-refractivity contribution in [3.63, 3.8) is 0 Å². The van der Waals surface area contributed by atoms with Crippen LogP contribution in [0.3, 0.4) is 0 Å². The zero-order valence-electron chi connectivity index (χ0n) is 17.8. The molecule has 1 fully saturated rings. The number of piperazine rings is 1. The molecule has 9 nitrogen and oxygen atoms in total. The molecule has 0 bridgehead atoms. The van der Waals surface area contributed by atoms with Crippen LogP contribution in [0.1, 0.15) is 17.8 Å². The number of nitrogens with one attached hydrogen (secondary N) is 2. The summed E-state index contributed by atoms with van der Waals surface area (Å²) in [6.45, 7) is 4.46. The molecule has 1 saturated heterocycles. The maximum atomic E-state index is 12.7. The van der Waals surface area contributed by atoms with Crippen LogP contribution < -0.4 is 15.8 Å². The Kier molecular flexibility index (Phi) is 5.53. The summed E-state index contributed by atoms with van der Waals surface area (Å²) >= 11 is 0. The first-order chi connectivity index (χ1) is 15.7. The fourth-order valence-electron chi connectivity index (χ4n) is 4.13. The summed E-state index contributed by atoms with van der Waals surface area (Å²) in [5.41, 5.74) is 1.49. The van der Waals surface area contributed by atoms with Gasteiger partial charge in [0.05, 0.1) is 17.4 Å². The Morgan fingerprint density at radius 3 is 2.66 bits per heavy atom. The molecule has 0 aliphatic carbocycles. The Bertz CT molecular complexity index is 1210. The van der Waals surface area contributed by atoms with Crippen LogP contribution in [-0.2, 0) is 11.2 Å². The minimum absolute atomic E-state index is 0.0779. The number of hydrogen-bond donors (Lipinski definition) is 2. The van der Waals surface area contributed by atoms with Gasteiger partial charge < -0.3 is 20.1 Å². The van der Waals surface area contributed by atoms with Crippen molar-refractivity contribution in [3.05, 3.63) is 64.3 Å². The molecule has 0 unspecified atom stereocenters. The van der Waals surface area contributed by atoms with E-state index in [9.17, 15) is 9.59 Å². The van der Waals surface area contributed by atoms with Gasteiger partial charge in [-0.15, -0.1) is 0 Å². The van der Waals surface area contributed by atoms with E-state index >= 15 is 0 Å². The van der Waals surface area contributed by atoms with E-state index in [1.807, 2.05) is 41.4 Å². The van der Waals surface area contributed by atoms with E-state index < -0.39 is 0 Å². The van der Waals surface area contributed by atoms with Gasteiger partial charge in [-0.1, -0.05) is 12.1 Å². The smallest absolute Gasteiger partial charge is 0.258 e. The highest BCUT2D eigenvalue weighted by Crippen LogP contribution is 2.16. The average molecular weight is 432 g/mol. The number of carbonyl (C=O) groups is 1. The lowest BCUT2D eigenvalue weighted by atomic mass is 10.2. The van der Waals surface area contributed by atoms with Gasteiger partial charge in [0.15, 0.2) is 0 Å². The number of hydrogen-bond acceptors (Lipinski definition) is 7. The van der Waals surface area contributed by atoms with Gasteiger partial charge in [0.1, 0.15) is 17.5 Å². The highest BCUT2D eigenvalue weighted by atomic mass is 16.2. The lowest BCUT2D eigenvalue weighted by Gasteiger charge is -2.35. The molecule has 3 aromatic rings. The summed E-state index contributed by atoms with van der Waals surface area (Å²) in [6, 6.07) is 11.3. The fourth-order valence-corrected chi connectivity index (χ4v) is 4.13. The number of H-pyrrole nitrogens is 1. The number of para-hydroxylation sites is 1. The molecule has 0 radical (unpaired) electrons. The second-order valence-electron chi connectivity index (χ2n) is 7.96. The molecule has 164 valence electrons. The van der Waals surface area contributed by atoms with Crippen LogP contribution in [0.15, 0.2) is 52.4 Å². The number of amidine groups is 1. The third kappa shape index (κ3) is 4.18. The first kappa shape index (κ1) is 20.2. The van der Waals surface area contributed by atoms with Crippen molar-refractivity contribution in [2.24, 2.45) is 4.99 Å². The number of pyridine rings is 1. The standard InChI is InChI=1S/C23H25N7O2/c31-21(8-6-19-27-18-4-2-1-3-17(18)23(32)28-19)30-13-11-29(12-14-30)20-7-5-16(15-26-20)22-24-9-10-25-22/h1-5,7,15H,6,8-14H2,(H,24,25)(H,27,28,32). The summed E-state index contributed by atoms with van der Waals surface area (Å²) in [7, 11) is 0. The molecule has 2 aliphatic rings. The normalized spacial score (nSPS) is 16.2. The minimum atomic E-state index is -0.166. The maximum Gasteiger partial charge on any atom is 0.258 e. The van der Waals surface area contributed by atoms with Gasteiger partial charge in [-0.25, -0.2) is 9.97 Å². The van der Waals surface area contributed by atoms with Crippen LogP contribution >= 0.6 is 0 Å². The van der Waals surface area contributed by atoms with Gasteiger partial charge in [-0.2, -0.15) is 0 Å². The Hall–Kier alpha value is -3.75. The average Bonchev–Trinajstić information content (AvgIpc) is 3.38. The summed E-state index contributed by atoms with van der Waals surface area (Å²) in [6.07, 6.45) is 2.59. The second kappa shape index (κ2) is 8.78. The van der Waals surface area contributed by atoms with Gasteiger partial charge >= 0.3 is 0 Å². The molecular weight excluding hydrogens is 406 g/mol. The fraction of sp³-hybridized carbons (Fsp3) is 0.348. The molecule has 4 heterocycles. The van der Waals surface area contributed by atoms with E-state index in [0.717, 1.165) is 43.4 Å². The van der Waals surface area contributed by atoms with Crippen LogP contribution in [0, 0.1) is 0 Å². The number of aromatic nitrogens is 3. The third-order valence-corrected chi connectivity index (χ3v) is 5.89. The molecule has 32 heavy (non-hydrogen) atoms. The van der Waals surface area contributed by atoms with Gasteiger partial charge in [0.2, 0.25) is 5.91 Å². The predicted octanol–water partition coefficient (Wildman–Crippen LogP) is 0.949. The quantitative estimate of drug-likeness (QED) is 0.623. The largest absolute Gasteiger partial charge is 0.368 e. The SMILES string of the molecule is O=C(CCc1nc2ccccc2c(=O)[nH]1)N1CCN(c2ccc(C3=NCCN3)cn2)CC1. The van der Waals surface area contributed by atoms with E-state index in [0.29, 0.717) is 42.7 Å². The van der Waals surface area contributed by atoms with Crippen molar-refractivity contribution in [2.45, 2.75) is 12.8 Å². The maximum absolute atomic E-state index is 12.7. The number of nitrogens with zero attached hydrogens (tertiary/aromatic N) is 5. The highest BCUT2D eigenvalue weighted by Gasteiger charge is 2.22. The van der Waals surface area contributed by atoms with E-state index in [4.69, 9.17) is 0 Å². The lowest BCUT2D eigenvalue weighted by molar-refractivity contribution is -0.131. The van der Waals surface area contributed by atoms with E-state index in [1.165, 1.54) is 0 Å². The first-order valence-corrected chi connectivity index (χ1v) is 10.9. The molecule has 5 rings (SSSR count). The molecule has 1 amide bonds. The molecule has 2 aromatic heterocycles. The Balaban J connectivity index is 1.15. The van der Waals surface area contributed by atoms with Crippen LogP contribution in [0.4, 0.5) is 5.82 Å². The number of aliphatic imine (C=N–C) groups is 1. The number of carbonyl (C=O) groups excluding carboxylic acids is 1. The summed E-state index contributed by atoms with van der Waals surface area (Å²) in [4.78, 5) is 45.3. The second-order valence-corrected chi connectivity index (χ2v) is 7.96. The number of benzene rings is 1. The van der Waals surface area contributed by atoms with Gasteiger partial charge in [0, 0.05) is 57.3 Å². The van der Waals surface area contributed by atoms with Gasteiger partial charge in [-0.05, 0) is 24.3 Å². The number of anilines is 1. The van der Waals surface area contributed by atoms with Crippen molar-refractivity contribution in [2.75, 3.05) is 44.2 Å². The van der Waals surface area contributed by atoms with Crippen molar-refractivity contribution in [3.8, 4) is 0 Å². The van der Waals surface area contributed by atoms with Crippen LogP contribution in [0.5, 0.6) is 0 Å². The zero-order chi connectivity index (χ0) is 21.9. The van der Waals surface area contributed by atoms with Crippen molar-refractivity contribution in [1.29, 1.82) is 0 Å². The number of aryl methyl sites for hydroxylation is 1. The monoisotopic (exact) mass is 431 g/mol. The Labute approximate surface area is 185 Å². The number of fused-ring (bicyclic) bond motifs is 1. The van der Waals surface area contributed by atoms with E-state index in [2.05, 4.69) is 30.2 Å². The number of amides is 1. The molecule has 1 aromatic carbocycles. The molecule has 0 saturated carbocycles. The van der Waals surface area contributed by atoms with Crippen LogP contribution in [-0.4, -0.2) is 70.9 Å².